The molecule has 2 N–H and O–H groups in total. The van der Waals surface area contributed by atoms with E-state index < -0.39 is 6.04 Å². The zero-order valence-corrected chi connectivity index (χ0v) is 12.4. The van der Waals surface area contributed by atoms with Gasteiger partial charge < -0.3 is 19.6 Å². The minimum Gasteiger partial charge on any atom is -0.497 e. The molecular formula is C14H14BrNO4. The molecule has 0 radical (unpaired) electrons. The normalized spacial score (nSPS) is 11.9. The van der Waals surface area contributed by atoms with E-state index in [1.807, 2.05) is 0 Å². The van der Waals surface area contributed by atoms with Crippen molar-refractivity contribution in [3.63, 3.8) is 0 Å². The van der Waals surface area contributed by atoms with E-state index in [2.05, 4.69) is 21.2 Å². The zero-order valence-electron chi connectivity index (χ0n) is 10.8. The summed E-state index contributed by atoms with van der Waals surface area (Å²) in [5.41, 5.74) is 0.454. The van der Waals surface area contributed by atoms with E-state index in [4.69, 9.17) is 9.15 Å². The first-order valence-electron chi connectivity index (χ1n) is 5.94. The summed E-state index contributed by atoms with van der Waals surface area (Å²) in [7, 11) is 1.56. The predicted octanol–water partition coefficient (Wildman–Crippen LogP) is 2.51. The number of amides is 1. The maximum atomic E-state index is 12.2. The van der Waals surface area contributed by atoms with Crippen molar-refractivity contribution in [2.45, 2.75) is 6.04 Å². The number of hydrogen-bond donors (Lipinski definition) is 2. The van der Waals surface area contributed by atoms with Crippen LogP contribution < -0.4 is 10.1 Å². The number of furan rings is 1. The highest BCUT2D eigenvalue weighted by molar-refractivity contribution is 9.10. The van der Waals surface area contributed by atoms with Gasteiger partial charge in [0, 0.05) is 4.47 Å². The van der Waals surface area contributed by atoms with Crippen LogP contribution >= 0.6 is 15.9 Å². The van der Waals surface area contributed by atoms with Gasteiger partial charge >= 0.3 is 0 Å². The molecule has 1 unspecified atom stereocenters. The molecule has 2 aromatic rings. The minimum absolute atomic E-state index is 0.243. The number of aliphatic hydroxyl groups is 1. The Morgan fingerprint density at radius 1 is 1.50 bits per heavy atom. The van der Waals surface area contributed by atoms with Gasteiger partial charge in [-0.05, 0) is 46.3 Å². The number of carbonyl (C=O) groups excluding carboxylic acids is 1. The average molecular weight is 340 g/mol. The summed E-state index contributed by atoms with van der Waals surface area (Å²) in [6.07, 6.45) is 1.49. The number of aliphatic hydroxyl groups excluding tert-OH is 1. The molecule has 0 spiro atoms. The van der Waals surface area contributed by atoms with Gasteiger partial charge in [-0.15, -0.1) is 0 Å². The number of ether oxygens (including phenoxy) is 1. The Labute approximate surface area is 124 Å². The summed E-state index contributed by atoms with van der Waals surface area (Å²) in [6.45, 7) is -0.243. The molecule has 2 rings (SSSR count). The van der Waals surface area contributed by atoms with Crippen molar-refractivity contribution in [2.24, 2.45) is 0 Å². The van der Waals surface area contributed by atoms with Crippen LogP contribution in [-0.2, 0) is 0 Å². The maximum absolute atomic E-state index is 12.2. The second kappa shape index (κ2) is 6.58. The van der Waals surface area contributed by atoms with E-state index in [9.17, 15) is 9.90 Å². The molecule has 6 heteroatoms. The highest BCUT2D eigenvalue weighted by Crippen LogP contribution is 2.23. The van der Waals surface area contributed by atoms with Gasteiger partial charge in [0.05, 0.1) is 25.5 Å². The standard InChI is InChI=1S/C14H14BrNO4/c1-19-9-4-5-10(11(15)7-9)14(18)16-12(8-17)13-3-2-6-20-13/h2-7,12,17H,8H2,1H3,(H,16,18). The average Bonchev–Trinajstić information content (AvgIpc) is 2.98. The van der Waals surface area contributed by atoms with Crippen LogP contribution in [-0.4, -0.2) is 24.7 Å². The maximum Gasteiger partial charge on any atom is 0.253 e. The highest BCUT2D eigenvalue weighted by atomic mass is 79.9. The molecule has 1 heterocycles. The van der Waals surface area contributed by atoms with Crippen LogP contribution in [0, 0.1) is 0 Å². The molecule has 1 atom stereocenters. The van der Waals surface area contributed by atoms with E-state index >= 15 is 0 Å². The molecule has 5 nitrogen and oxygen atoms in total. The second-order valence-corrected chi connectivity index (χ2v) is 4.92. The van der Waals surface area contributed by atoms with Gasteiger partial charge in [0.2, 0.25) is 0 Å². The molecule has 0 bridgehead atoms. The SMILES string of the molecule is COc1ccc(C(=O)NC(CO)c2ccco2)c(Br)c1. The molecule has 106 valence electrons. The quantitative estimate of drug-likeness (QED) is 0.877. The van der Waals surface area contributed by atoms with Crippen LogP contribution in [0.4, 0.5) is 0 Å². The van der Waals surface area contributed by atoms with Crippen molar-refractivity contribution in [2.75, 3.05) is 13.7 Å². The summed E-state index contributed by atoms with van der Waals surface area (Å²) in [4.78, 5) is 12.2. The van der Waals surface area contributed by atoms with Crippen LogP contribution in [0.2, 0.25) is 0 Å². The van der Waals surface area contributed by atoms with Gasteiger partial charge in [-0.25, -0.2) is 0 Å². The molecule has 0 aliphatic heterocycles. The number of nitrogens with one attached hydrogen (secondary N) is 1. The van der Waals surface area contributed by atoms with E-state index in [-0.39, 0.29) is 12.5 Å². The molecule has 1 aromatic carbocycles. The van der Waals surface area contributed by atoms with Crippen LogP contribution in [0.3, 0.4) is 0 Å². The van der Waals surface area contributed by atoms with Crippen LogP contribution in [0.1, 0.15) is 22.2 Å². The molecule has 0 aliphatic rings. The lowest BCUT2D eigenvalue weighted by molar-refractivity contribution is 0.0906. The summed E-state index contributed by atoms with van der Waals surface area (Å²) >= 11 is 3.32. The third kappa shape index (κ3) is 3.20. The van der Waals surface area contributed by atoms with Gasteiger partial charge in [-0.1, -0.05) is 0 Å². The summed E-state index contributed by atoms with van der Waals surface area (Å²) in [5.74, 6) is 0.846. The topological polar surface area (TPSA) is 71.7 Å². The number of carbonyl (C=O) groups is 1. The lowest BCUT2D eigenvalue weighted by Gasteiger charge is -2.15. The van der Waals surface area contributed by atoms with Gasteiger partial charge in [0.25, 0.3) is 5.91 Å². The number of hydrogen-bond acceptors (Lipinski definition) is 4. The molecular weight excluding hydrogens is 326 g/mol. The number of halogens is 1. The van der Waals surface area contributed by atoms with E-state index in [1.54, 1.807) is 37.4 Å². The van der Waals surface area contributed by atoms with Crippen molar-refractivity contribution < 1.29 is 19.1 Å². The first kappa shape index (κ1) is 14.6. The van der Waals surface area contributed by atoms with E-state index in [1.165, 1.54) is 6.26 Å². The lowest BCUT2D eigenvalue weighted by Crippen LogP contribution is -2.30. The lowest BCUT2D eigenvalue weighted by atomic mass is 10.1. The van der Waals surface area contributed by atoms with Crippen molar-refractivity contribution >= 4 is 21.8 Å². The molecule has 20 heavy (non-hydrogen) atoms. The Hall–Kier alpha value is -1.79. The van der Waals surface area contributed by atoms with Crippen molar-refractivity contribution in [1.82, 2.24) is 5.32 Å². The first-order valence-corrected chi connectivity index (χ1v) is 6.73. The van der Waals surface area contributed by atoms with Crippen molar-refractivity contribution in [3.8, 4) is 5.75 Å². The van der Waals surface area contributed by atoms with Gasteiger partial charge in [0.1, 0.15) is 17.6 Å². The van der Waals surface area contributed by atoms with Crippen LogP contribution in [0.5, 0.6) is 5.75 Å². The summed E-state index contributed by atoms with van der Waals surface area (Å²) < 4.78 is 10.9. The van der Waals surface area contributed by atoms with Crippen molar-refractivity contribution in [1.29, 1.82) is 0 Å². The Balaban J connectivity index is 2.15. The van der Waals surface area contributed by atoms with Crippen molar-refractivity contribution in [3.05, 3.63) is 52.4 Å². The monoisotopic (exact) mass is 339 g/mol. The number of benzene rings is 1. The summed E-state index contributed by atoms with van der Waals surface area (Å²) in [6, 6.07) is 7.87. The summed E-state index contributed by atoms with van der Waals surface area (Å²) in [5, 5.41) is 12.0. The van der Waals surface area contributed by atoms with Gasteiger partial charge in [-0.3, -0.25) is 4.79 Å². The fourth-order valence-corrected chi connectivity index (χ4v) is 2.28. The molecule has 0 saturated carbocycles. The van der Waals surface area contributed by atoms with Gasteiger partial charge in [0.15, 0.2) is 0 Å². The fourth-order valence-electron chi connectivity index (χ4n) is 1.74. The molecule has 0 saturated heterocycles. The van der Waals surface area contributed by atoms with Crippen LogP contribution in [0.25, 0.3) is 0 Å². The minimum atomic E-state index is -0.577. The van der Waals surface area contributed by atoms with Crippen LogP contribution in [0.15, 0.2) is 45.5 Å². The molecule has 0 aliphatic carbocycles. The molecule has 0 fully saturated rings. The third-order valence-corrected chi connectivity index (χ3v) is 3.45. The Kier molecular flexibility index (Phi) is 4.81. The first-order chi connectivity index (χ1) is 9.65. The molecule has 1 amide bonds. The Morgan fingerprint density at radius 3 is 2.85 bits per heavy atom. The van der Waals surface area contributed by atoms with E-state index in [0.29, 0.717) is 21.5 Å². The molecule has 1 aromatic heterocycles. The number of methoxy groups -OCH3 is 1. The largest absolute Gasteiger partial charge is 0.497 e. The zero-order chi connectivity index (χ0) is 14.5. The second-order valence-electron chi connectivity index (χ2n) is 4.07. The van der Waals surface area contributed by atoms with Gasteiger partial charge in [-0.2, -0.15) is 0 Å². The third-order valence-electron chi connectivity index (χ3n) is 2.80. The van der Waals surface area contributed by atoms with E-state index in [0.717, 1.165) is 0 Å². The smallest absolute Gasteiger partial charge is 0.253 e. The Morgan fingerprint density at radius 2 is 2.30 bits per heavy atom. The fraction of sp³-hybridized carbons (Fsp3) is 0.214. The Bertz CT molecular complexity index is 583. The predicted molar refractivity (Wildman–Crippen MR) is 76.7 cm³/mol. The highest BCUT2D eigenvalue weighted by Gasteiger charge is 2.18. The number of rotatable bonds is 5.